The summed E-state index contributed by atoms with van der Waals surface area (Å²) in [7, 11) is 0. The van der Waals surface area contributed by atoms with Gasteiger partial charge in [-0.1, -0.05) is 200 Å². The number of para-hydroxylation sites is 1. The molecule has 0 heterocycles. The standard InChI is InChI=1S/C56H39N/c1-3-16-40(17-4-1)47-34-37-52(51-26-12-11-24-49(51)43-19-5-2-6-20-43)54(39-47)53-27-13-14-28-56(53)57(55-29-15-23-44-21-9-10-25-50(44)55)48-35-32-42(33-36-48)46-31-30-41-18-7-8-22-45(41)38-46/h1-39H. The molecule has 0 aromatic heterocycles. The van der Waals surface area contributed by atoms with E-state index in [9.17, 15) is 0 Å². The summed E-state index contributed by atoms with van der Waals surface area (Å²) < 4.78 is 0. The van der Waals surface area contributed by atoms with Gasteiger partial charge in [-0.15, -0.1) is 0 Å². The van der Waals surface area contributed by atoms with Crippen molar-refractivity contribution in [1.82, 2.24) is 0 Å². The minimum Gasteiger partial charge on any atom is -0.309 e. The normalized spacial score (nSPS) is 11.2. The Bertz CT molecular complexity index is 2990. The first-order valence-electron chi connectivity index (χ1n) is 19.6. The first-order chi connectivity index (χ1) is 28.3. The fourth-order valence-electron chi connectivity index (χ4n) is 8.28. The SMILES string of the molecule is c1ccc(-c2ccc(-c3ccccc3-c3ccccc3)c(-c3ccccc3N(c3ccc(-c4ccc5ccccc5c4)cc3)c3cccc4ccccc34)c2)cc1. The number of fused-ring (bicyclic) bond motifs is 2. The fraction of sp³-hybridized carbons (Fsp3) is 0. The van der Waals surface area contributed by atoms with Crippen LogP contribution < -0.4 is 4.90 Å². The van der Waals surface area contributed by atoms with E-state index in [1.807, 2.05) is 0 Å². The first kappa shape index (κ1) is 34.0. The van der Waals surface area contributed by atoms with Crippen molar-refractivity contribution < 1.29 is 0 Å². The van der Waals surface area contributed by atoms with Crippen LogP contribution in [0.5, 0.6) is 0 Å². The molecular formula is C56H39N. The highest BCUT2D eigenvalue weighted by Gasteiger charge is 2.22. The second-order valence-electron chi connectivity index (χ2n) is 14.5. The zero-order valence-corrected chi connectivity index (χ0v) is 31.5. The Labute approximate surface area is 334 Å². The summed E-state index contributed by atoms with van der Waals surface area (Å²) in [6.45, 7) is 0. The minimum absolute atomic E-state index is 1.09. The topological polar surface area (TPSA) is 3.24 Å². The van der Waals surface area contributed by atoms with Crippen molar-refractivity contribution in [3.05, 3.63) is 237 Å². The molecule has 0 saturated heterocycles. The molecule has 0 aliphatic rings. The van der Waals surface area contributed by atoms with E-state index in [0.717, 1.165) is 22.6 Å². The zero-order chi connectivity index (χ0) is 38.0. The average molecular weight is 726 g/mol. The molecule has 1 nitrogen and oxygen atoms in total. The number of rotatable bonds is 8. The Morgan fingerprint density at radius 3 is 1.53 bits per heavy atom. The van der Waals surface area contributed by atoms with E-state index >= 15 is 0 Å². The van der Waals surface area contributed by atoms with Crippen LogP contribution in [0.3, 0.4) is 0 Å². The monoisotopic (exact) mass is 725 g/mol. The summed E-state index contributed by atoms with van der Waals surface area (Å²) in [5.41, 5.74) is 15.2. The third kappa shape index (κ3) is 6.56. The van der Waals surface area contributed by atoms with Gasteiger partial charge in [0, 0.05) is 16.6 Å². The highest BCUT2D eigenvalue weighted by molar-refractivity contribution is 6.03. The first-order valence-corrected chi connectivity index (χ1v) is 19.6. The Morgan fingerprint density at radius 2 is 0.737 bits per heavy atom. The summed E-state index contributed by atoms with van der Waals surface area (Å²) in [5, 5.41) is 4.89. The molecule has 0 atom stereocenters. The third-order valence-electron chi connectivity index (χ3n) is 11.1. The van der Waals surface area contributed by atoms with Crippen LogP contribution in [0.1, 0.15) is 0 Å². The highest BCUT2D eigenvalue weighted by Crippen LogP contribution is 2.47. The predicted molar refractivity (Wildman–Crippen MR) is 243 cm³/mol. The Kier molecular flexibility index (Phi) is 8.95. The van der Waals surface area contributed by atoms with E-state index in [1.165, 1.54) is 71.6 Å². The second kappa shape index (κ2) is 15.0. The molecule has 57 heavy (non-hydrogen) atoms. The molecule has 268 valence electrons. The molecular weight excluding hydrogens is 687 g/mol. The van der Waals surface area contributed by atoms with Crippen LogP contribution in [-0.4, -0.2) is 0 Å². The third-order valence-corrected chi connectivity index (χ3v) is 11.1. The van der Waals surface area contributed by atoms with Crippen molar-refractivity contribution in [2.75, 3.05) is 4.90 Å². The number of benzene rings is 10. The lowest BCUT2D eigenvalue weighted by atomic mass is 9.86. The molecule has 0 N–H and O–H groups in total. The molecule has 0 saturated carbocycles. The van der Waals surface area contributed by atoms with Gasteiger partial charge in [0.15, 0.2) is 0 Å². The summed E-state index contributed by atoms with van der Waals surface area (Å²) in [4.78, 5) is 2.45. The van der Waals surface area contributed by atoms with Gasteiger partial charge < -0.3 is 4.90 Å². The molecule has 10 aromatic rings. The van der Waals surface area contributed by atoms with E-state index in [1.54, 1.807) is 0 Å². The number of hydrogen-bond acceptors (Lipinski definition) is 1. The van der Waals surface area contributed by atoms with Crippen molar-refractivity contribution in [2.45, 2.75) is 0 Å². The molecule has 0 amide bonds. The largest absolute Gasteiger partial charge is 0.309 e. The molecule has 0 unspecified atom stereocenters. The van der Waals surface area contributed by atoms with Crippen molar-refractivity contribution in [1.29, 1.82) is 0 Å². The molecule has 0 bridgehead atoms. The van der Waals surface area contributed by atoms with E-state index in [-0.39, 0.29) is 0 Å². The van der Waals surface area contributed by atoms with Crippen LogP contribution in [0.15, 0.2) is 237 Å². The summed E-state index contributed by atoms with van der Waals surface area (Å²) >= 11 is 0. The lowest BCUT2D eigenvalue weighted by Gasteiger charge is -2.30. The van der Waals surface area contributed by atoms with Crippen LogP contribution in [0.4, 0.5) is 17.1 Å². The molecule has 0 aliphatic heterocycles. The lowest BCUT2D eigenvalue weighted by Crippen LogP contribution is -2.12. The van der Waals surface area contributed by atoms with Gasteiger partial charge in [-0.3, -0.25) is 0 Å². The maximum atomic E-state index is 2.45. The van der Waals surface area contributed by atoms with Crippen LogP contribution in [-0.2, 0) is 0 Å². The van der Waals surface area contributed by atoms with Gasteiger partial charge in [-0.05, 0) is 103 Å². The average Bonchev–Trinajstić information content (AvgIpc) is 3.30. The fourth-order valence-corrected chi connectivity index (χ4v) is 8.28. The van der Waals surface area contributed by atoms with Gasteiger partial charge >= 0.3 is 0 Å². The van der Waals surface area contributed by atoms with E-state index in [0.29, 0.717) is 0 Å². The van der Waals surface area contributed by atoms with Crippen molar-refractivity contribution in [2.24, 2.45) is 0 Å². The van der Waals surface area contributed by atoms with Crippen molar-refractivity contribution >= 4 is 38.6 Å². The Balaban J connectivity index is 1.20. The molecule has 10 aromatic carbocycles. The van der Waals surface area contributed by atoms with E-state index in [2.05, 4.69) is 241 Å². The molecule has 1 heteroatoms. The molecule has 0 fully saturated rings. The van der Waals surface area contributed by atoms with Gasteiger partial charge in [-0.25, -0.2) is 0 Å². The second-order valence-corrected chi connectivity index (χ2v) is 14.5. The lowest BCUT2D eigenvalue weighted by molar-refractivity contribution is 1.30. The van der Waals surface area contributed by atoms with E-state index < -0.39 is 0 Å². The summed E-state index contributed by atoms with van der Waals surface area (Å²) in [6.07, 6.45) is 0. The van der Waals surface area contributed by atoms with Crippen LogP contribution in [0.25, 0.3) is 77.2 Å². The zero-order valence-electron chi connectivity index (χ0n) is 31.5. The highest BCUT2D eigenvalue weighted by atomic mass is 15.1. The van der Waals surface area contributed by atoms with Gasteiger partial charge in [0.2, 0.25) is 0 Å². The van der Waals surface area contributed by atoms with Crippen LogP contribution in [0, 0.1) is 0 Å². The quantitative estimate of drug-likeness (QED) is 0.151. The predicted octanol–water partition coefficient (Wildman–Crippen LogP) is 15.8. The smallest absolute Gasteiger partial charge is 0.0540 e. The number of anilines is 3. The molecule has 0 radical (unpaired) electrons. The van der Waals surface area contributed by atoms with Crippen molar-refractivity contribution in [3.63, 3.8) is 0 Å². The van der Waals surface area contributed by atoms with Gasteiger partial charge in [0.25, 0.3) is 0 Å². The van der Waals surface area contributed by atoms with Crippen LogP contribution >= 0.6 is 0 Å². The molecule has 10 rings (SSSR count). The maximum Gasteiger partial charge on any atom is 0.0540 e. The minimum atomic E-state index is 1.09. The van der Waals surface area contributed by atoms with Gasteiger partial charge in [0.05, 0.1) is 11.4 Å². The van der Waals surface area contributed by atoms with Gasteiger partial charge in [-0.2, -0.15) is 0 Å². The van der Waals surface area contributed by atoms with Gasteiger partial charge in [0.1, 0.15) is 0 Å². The van der Waals surface area contributed by atoms with Crippen LogP contribution in [0.2, 0.25) is 0 Å². The molecule has 0 spiro atoms. The summed E-state index contributed by atoms with van der Waals surface area (Å²) in [6, 6.07) is 85.8. The number of nitrogens with zero attached hydrogens (tertiary/aromatic N) is 1. The Morgan fingerprint density at radius 1 is 0.228 bits per heavy atom. The summed E-state index contributed by atoms with van der Waals surface area (Å²) in [5.74, 6) is 0. The molecule has 0 aliphatic carbocycles. The Hall–Kier alpha value is -7.48. The van der Waals surface area contributed by atoms with Crippen molar-refractivity contribution in [3.8, 4) is 55.6 Å². The number of hydrogen-bond donors (Lipinski definition) is 0. The maximum absolute atomic E-state index is 2.45. The van der Waals surface area contributed by atoms with E-state index in [4.69, 9.17) is 0 Å².